The molecule has 0 fully saturated rings. The molecule has 0 aliphatic carbocycles. The molecule has 1 aromatic rings. The molecular weight excluding hydrogens is 290 g/mol. The molecule has 7 heteroatoms. The maximum Gasteiger partial charge on any atom is 0.313 e. The average Bonchev–Trinajstić information content (AvgIpc) is 2.45. The Labute approximate surface area is 128 Å². The van der Waals surface area contributed by atoms with Crippen molar-refractivity contribution in [2.45, 2.75) is 25.9 Å². The highest BCUT2D eigenvalue weighted by Crippen LogP contribution is 2.43. The van der Waals surface area contributed by atoms with Gasteiger partial charge >= 0.3 is 5.97 Å². The standard InChI is InChI=1S/C15H19NO6/c1-9(2)22-15(17)11-8-21-13-6-4-5-12(20-3)14(13)10(11)7-16(18)19/h4-6,9-11H,7-8H2,1-3H3. The van der Waals surface area contributed by atoms with Gasteiger partial charge in [-0.25, -0.2) is 0 Å². The molecule has 1 heterocycles. The van der Waals surface area contributed by atoms with Crippen LogP contribution in [-0.2, 0) is 9.53 Å². The smallest absolute Gasteiger partial charge is 0.313 e. The van der Waals surface area contributed by atoms with E-state index in [1.54, 1.807) is 32.0 Å². The van der Waals surface area contributed by atoms with Gasteiger partial charge in [0, 0.05) is 10.5 Å². The number of esters is 1. The van der Waals surface area contributed by atoms with E-state index < -0.39 is 22.7 Å². The summed E-state index contributed by atoms with van der Waals surface area (Å²) in [6.45, 7) is 3.15. The number of hydrogen-bond acceptors (Lipinski definition) is 6. The van der Waals surface area contributed by atoms with E-state index in [1.165, 1.54) is 7.11 Å². The number of ether oxygens (including phenoxy) is 3. The fourth-order valence-corrected chi connectivity index (χ4v) is 2.62. The van der Waals surface area contributed by atoms with Crippen LogP contribution in [-0.4, -0.2) is 37.3 Å². The van der Waals surface area contributed by atoms with Crippen molar-refractivity contribution in [3.63, 3.8) is 0 Å². The lowest BCUT2D eigenvalue weighted by molar-refractivity contribution is -0.485. The van der Waals surface area contributed by atoms with E-state index in [0.29, 0.717) is 17.1 Å². The van der Waals surface area contributed by atoms with Crippen molar-refractivity contribution < 1.29 is 23.9 Å². The number of benzene rings is 1. The monoisotopic (exact) mass is 309 g/mol. The average molecular weight is 309 g/mol. The van der Waals surface area contributed by atoms with Crippen LogP contribution >= 0.6 is 0 Å². The van der Waals surface area contributed by atoms with Crippen LogP contribution < -0.4 is 9.47 Å². The quantitative estimate of drug-likeness (QED) is 0.470. The maximum atomic E-state index is 12.2. The lowest BCUT2D eigenvalue weighted by Gasteiger charge is -2.31. The van der Waals surface area contributed by atoms with Crippen LogP contribution in [0.3, 0.4) is 0 Å². The number of carbonyl (C=O) groups is 1. The van der Waals surface area contributed by atoms with E-state index in [9.17, 15) is 14.9 Å². The van der Waals surface area contributed by atoms with Crippen molar-refractivity contribution in [2.24, 2.45) is 5.92 Å². The minimum absolute atomic E-state index is 0.0597. The third-order valence-corrected chi connectivity index (χ3v) is 3.52. The van der Waals surface area contributed by atoms with Gasteiger partial charge in [-0.3, -0.25) is 14.9 Å². The van der Waals surface area contributed by atoms with Crippen molar-refractivity contribution in [1.29, 1.82) is 0 Å². The lowest BCUT2D eigenvalue weighted by atomic mass is 9.83. The summed E-state index contributed by atoms with van der Waals surface area (Å²) in [5, 5.41) is 11.0. The Morgan fingerprint density at radius 3 is 2.82 bits per heavy atom. The highest BCUT2D eigenvalue weighted by molar-refractivity contribution is 5.75. The predicted octanol–water partition coefficient (Wildman–Crippen LogP) is 2.02. The van der Waals surface area contributed by atoms with E-state index in [2.05, 4.69) is 0 Å². The Morgan fingerprint density at radius 1 is 1.50 bits per heavy atom. The second kappa shape index (κ2) is 6.64. The largest absolute Gasteiger partial charge is 0.496 e. The van der Waals surface area contributed by atoms with Gasteiger partial charge in [0.05, 0.1) is 19.1 Å². The number of carbonyl (C=O) groups excluding carboxylic acids is 1. The molecule has 0 aromatic heterocycles. The van der Waals surface area contributed by atoms with Crippen LogP contribution in [0.2, 0.25) is 0 Å². The van der Waals surface area contributed by atoms with Gasteiger partial charge in [0.2, 0.25) is 6.54 Å². The molecule has 1 aliphatic rings. The first-order valence-electron chi connectivity index (χ1n) is 7.06. The third kappa shape index (κ3) is 3.29. The summed E-state index contributed by atoms with van der Waals surface area (Å²) in [4.78, 5) is 22.9. The van der Waals surface area contributed by atoms with Crippen LogP contribution in [0.15, 0.2) is 18.2 Å². The summed E-state index contributed by atoms with van der Waals surface area (Å²) in [5.41, 5.74) is 0.554. The molecule has 0 spiro atoms. The number of fused-ring (bicyclic) bond motifs is 1. The van der Waals surface area contributed by atoms with Crippen LogP contribution in [0.5, 0.6) is 11.5 Å². The minimum atomic E-state index is -0.725. The summed E-state index contributed by atoms with van der Waals surface area (Å²) < 4.78 is 16.1. The summed E-state index contributed by atoms with van der Waals surface area (Å²) in [7, 11) is 1.48. The third-order valence-electron chi connectivity index (χ3n) is 3.52. The van der Waals surface area contributed by atoms with Crippen molar-refractivity contribution in [3.8, 4) is 11.5 Å². The number of methoxy groups -OCH3 is 1. The number of nitro groups is 1. The topological polar surface area (TPSA) is 87.9 Å². The normalized spacial score (nSPS) is 20.0. The molecule has 2 unspecified atom stereocenters. The Bertz CT molecular complexity index is 557. The van der Waals surface area contributed by atoms with Crippen molar-refractivity contribution in [3.05, 3.63) is 33.9 Å². The minimum Gasteiger partial charge on any atom is -0.496 e. The molecule has 0 saturated carbocycles. The molecule has 120 valence electrons. The Morgan fingerprint density at radius 2 is 2.23 bits per heavy atom. The van der Waals surface area contributed by atoms with E-state index in [4.69, 9.17) is 14.2 Å². The Hall–Kier alpha value is -2.31. The first kappa shape index (κ1) is 16.1. The van der Waals surface area contributed by atoms with Gasteiger partial charge in [0.1, 0.15) is 24.0 Å². The van der Waals surface area contributed by atoms with E-state index in [1.807, 2.05) is 0 Å². The molecule has 0 bridgehead atoms. The fraction of sp³-hybridized carbons (Fsp3) is 0.533. The van der Waals surface area contributed by atoms with Gasteiger partial charge in [-0.1, -0.05) is 6.07 Å². The van der Waals surface area contributed by atoms with Crippen LogP contribution in [0.25, 0.3) is 0 Å². The van der Waals surface area contributed by atoms with Gasteiger partial charge in [-0.15, -0.1) is 0 Å². The molecule has 0 saturated heterocycles. The molecule has 0 N–H and O–H groups in total. The van der Waals surface area contributed by atoms with E-state index >= 15 is 0 Å². The predicted molar refractivity (Wildman–Crippen MR) is 77.8 cm³/mol. The van der Waals surface area contributed by atoms with Crippen molar-refractivity contribution in [1.82, 2.24) is 0 Å². The SMILES string of the molecule is COc1cccc2c1C(C[N+](=O)[O-])C(C(=O)OC(C)C)CO2. The van der Waals surface area contributed by atoms with Crippen LogP contribution in [0.4, 0.5) is 0 Å². The molecule has 2 rings (SSSR count). The van der Waals surface area contributed by atoms with Crippen LogP contribution in [0.1, 0.15) is 25.3 Å². The van der Waals surface area contributed by atoms with E-state index in [0.717, 1.165) is 0 Å². The second-order valence-electron chi connectivity index (χ2n) is 5.40. The first-order chi connectivity index (χ1) is 10.4. The maximum absolute atomic E-state index is 12.2. The van der Waals surface area contributed by atoms with Gasteiger partial charge < -0.3 is 14.2 Å². The Kier molecular flexibility index (Phi) is 4.85. The van der Waals surface area contributed by atoms with Crippen molar-refractivity contribution >= 4 is 5.97 Å². The van der Waals surface area contributed by atoms with Crippen molar-refractivity contribution in [2.75, 3.05) is 20.3 Å². The molecular formula is C15H19NO6. The number of rotatable bonds is 5. The molecule has 2 atom stereocenters. The zero-order valence-corrected chi connectivity index (χ0v) is 12.8. The van der Waals surface area contributed by atoms with Gasteiger partial charge in [0.25, 0.3) is 0 Å². The van der Waals surface area contributed by atoms with Gasteiger partial charge in [-0.2, -0.15) is 0 Å². The summed E-state index contributed by atoms with van der Waals surface area (Å²) in [6, 6.07) is 5.16. The van der Waals surface area contributed by atoms with Gasteiger partial charge in [-0.05, 0) is 26.0 Å². The zero-order chi connectivity index (χ0) is 16.3. The van der Waals surface area contributed by atoms with Gasteiger partial charge in [0.15, 0.2) is 0 Å². The van der Waals surface area contributed by atoms with E-state index in [-0.39, 0.29) is 19.3 Å². The Balaban J connectivity index is 2.41. The number of hydrogen-bond donors (Lipinski definition) is 0. The van der Waals surface area contributed by atoms with Crippen LogP contribution in [0, 0.1) is 16.0 Å². The summed E-state index contributed by atoms with van der Waals surface area (Å²) >= 11 is 0. The molecule has 0 amide bonds. The summed E-state index contributed by atoms with van der Waals surface area (Å²) in [6.07, 6.45) is -0.289. The fourth-order valence-electron chi connectivity index (χ4n) is 2.62. The molecule has 22 heavy (non-hydrogen) atoms. The second-order valence-corrected chi connectivity index (χ2v) is 5.40. The number of nitrogens with zero attached hydrogens (tertiary/aromatic N) is 1. The zero-order valence-electron chi connectivity index (χ0n) is 12.8. The molecule has 1 aromatic carbocycles. The highest BCUT2D eigenvalue weighted by atomic mass is 16.6. The first-order valence-corrected chi connectivity index (χ1v) is 7.06. The molecule has 7 nitrogen and oxygen atoms in total. The molecule has 1 aliphatic heterocycles. The molecule has 0 radical (unpaired) electrons. The summed E-state index contributed by atoms with van der Waals surface area (Å²) in [5.74, 6) is -0.859. The highest BCUT2D eigenvalue weighted by Gasteiger charge is 2.42. The lowest BCUT2D eigenvalue weighted by Crippen LogP contribution is -2.37.